The Labute approximate surface area is 71.2 Å². The largest absolute Gasteiger partial charge is 0.327 e. The van der Waals surface area contributed by atoms with Gasteiger partial charge in [-0.3, -0.25) is 0 Å². The third kappa shape index (κ3) is 1.39. The maximum atomic E-state index is 5.74. The van der Waals surface area contributed by atoms with Crippen molar-refractivity contribution in [1.29, 1.82) is 0 Å². The predicted molar refractivity (Wildman–Crippen MR) is 46.8 cm³/mol. The van der Waals surface area contributed by atoms with E-state index in [1.807, 2.05) is 12.1 Å². The molecular formula is C9H10ClN. The van der Waals surface area contributed by atoms with Crippen LogP contribution in [0.5, 0.6) is 0 Å². The first-order valence-electron chi connectivity index (χ1n) is 3.78. The van der Waals surface area contributed by atoms with Crippen LogP contribution >= 0.6 is 11.6 Å². The van der Waals surface area contributed by atoms with E-state index < -0.39 is 0 Å². The normalized spacial score (nSPS) is 28.5. The number of hydrogen-bond donors (Lipinski definition) is 1. The molecule has 58 valence electrons. The molecule has 2 heteroatoms. The highest BCUT2D eigenvalue weighted by molar-refractivity contribution is 6.30. The molecule has 1 aliphatic rings. The molecule has 0 aromatic heterocycles. The Balaban J connectivity index is 2.21. The summed E-state index contributed by atoms with van der Waals surface area (Å²) in [5.74, 6) is 0.590. The van der Waals surface area contributed by atoms with Crippen LogP contribution in [0.25, 0.3) is 0 Å². The molecule has 0 unspecified atom stereocenters. The minimum Gasteiger partial charge on any atom is -0.327 e. The fourth-order valence-corrected chi connectivity index (χ4v) is 1.43. The van der Waals surface area contributed by atoms with Crippen molar-refractivity contribution in [1.82, 2.24) is 0 Å². The maximum absolute atomic E-state index is 5.74. The molecule has 2 atom stereocenters. The number of nitrogens with two attached hydrogens (primary N) is 1. The Bertz CT molecular complexity index is 255. The third-order valence-corrected chi connectivity index (χ3v) is 2.39. The summed E-state index contributed by atoms with van der Waals surface area (Å²) in [5, 5.41) is 0.794. The van der Waals surface area contributed by atoms with E-state index in [9.17, 15) is 0 Å². The van der Waals surface area contributed by atoms with E-state index in [0.29, 0.717) is 12.0 Å². The standard InChI is InChI=1S/C9H10ClN/c10-7-3-1-6(2-4-7)8-5-9(8)11/h1-4,8-9H,5,11H2/t8-,9-/m1/s1. The van der Waals surface area contributed by atoms with Crippen molar-refractivity contribution in [3.63, 3.8) is 0 Å². The van der Waals surface area contributed by atoms with Crippen molar-refractivity contribution in [2.75, 3.05) is 0 Å². The molecule has 1 saturated carbocycles. The van der Waals surface area contributed by atoms with E-state index in [0.717, 1.165) is 11.4 Å². The Hall–Kier alpha value is -0.530. The Morgan fingerprint density at radius 1 is 1.27 bits per heavy atom. The summed E-state index contributed by atoms with van der Waals surface area (Å²) in [7, 11) is 0. The average molecular weight is 168 g/mol. The monoisotopic (exact) mass is 167 g/mol. The molecule has 1 aliphatic carbocycles. The summed E-state index contributed by atoms with van der Waals surface area (Å²) in [6.07, 6.45) is 1.13. The summed E-state index contributed by atoms with van der Waals surface area (Å²) >= 11 is 5.74. The van der Waals surface area contributed by atoms with Crippen molar-refractivity contribution in [2.45, 2.75) is 18.4 Å². The fraction of sp³-hybridized carbons (Fsp3) is 0.333. The highest BCUT2D eigenvalue weighted by Gasteiger charge is 2.34. The first kappa shape index (κ1) is 7.14. The van der Waals surface area contributed by atoms with Gasteiger partial charge < -0.3 is 5.73 Å². The quantitative estimate of drug-likeness (QED) is 0.682. The van der Waals surface area contributed by atoms with Crippen LogP contribution in [0.15, 0.2) is 24.3 Å². The summed E-state index contributed by atoms with van der Waals surface area (Å²) in [6.45, 7) is 0. The molecule has 0 spiro atoms. The average Bonchev–Trinajstić information content (AvgIpc) is 2.69. The first-order chi connectivity index (χ1) is 5.27. The second-order valence-corrected chi connectivity index (χ2v) is 3.49. The zero-order valence-electron chi connectivity index (χ0n) is 6.13. The molecule has 1 aromatic rings. The zero-order valence-corrected chi connectivity index (χ0v) is 6.88. The van der Waals surface area contributed by atoms with Gasteiger partial charge in [-0.25, -0.2) is 0 Å². The number of benzene rings is 1. The van der Waals surface area contributed by atoms with E-state index in [1.54, 1.807) is 0 Å². The third-order valence-electron chi connectivity index (χ3n) is 2.14. The summed E-state index contributed by atoms with van der Waals surface area (Å²) in [4.78, 5) is 0. The first-order valence-corrected chi connectivity index (χ1v) is 4.16. The lowest BCUT2D eigenvalue weighted by Gasteiger charge is -1.96. The van der Waals surface area contributed by atoms with Crippen LogP contribution in [0.1, 0.15) is 17.9 Å². The minimum atomic E-state index is 0.385. The van der Waals surface area contributed by atoms with Gasteiger partial charge in [0.2, 0.25) is 0 Å². The molecule has 0 amide bonds. The molecule has 11 heavy (non-hydrogen) atoms. The molecular weight excluding hydrogens is 158 g/mol. The Morgan fingerprint density at radius 2 is 1.82 bits per heavy atom. The highest BCUT2D eigenvalue weighted by atomic mass is 35.5. The Morgan fingerprint density at radius 3 is 2.27 bits per heavy atom. The molecule has 0 saturated heterocycles. The molecule has 0 heterocycles. The summed E-state index contributed by atoms with van der Waals surface area (Å²) in [5.41, 5.74) is 7.02. The topological polar surface area (TPSA) is 26.0 Å². The van der Waals surface area contributed by atoms with Gasteiger partial charge in [-0.15, -0.1) is 0 Å². The van der Waals surface area contributed by atoms with Gasteiger partial charge in [0, 0.05) is 17.0 Å². The van der Waals surface area contributed by atoms with E-state index in [2.05, 4.69) is 12.1 Å². The van der Waals surface area contributed by atoms with Gasteiger partial charge in [0.25, 0.3) is 0 Å². The van der Waals surface area contributed by atoms with Crippen molar-refractivity contribution >= 4 is 11.6 Å². The number of hydrogen-bond acceptors (Lipinski definition) is 1. The maximum Gasteiger partial charge on any atom is 0.0406 e. The molecule has 1 nitrogen and oxygen atoms in total. The zero-order chi connectivity index (χ0) is 7.84. The van der Waals surface area contributed by atoms with Gasteiger partial charge in [-0.1, -0.05) is 23.7 Å². The van der Waals surface area contributed by atoms with Crippen LogP contribution in [0.3, 0.4) is 0 Å². The van der Waals surface area contributed by atoms with Crippen molar-refractivity contribution in [3.05, 3.63) is 34.9 Å². The minimum absolute atomic E-state index is 0.385. The number of rotatable bonds is 1. The second-order valence-electron chi connectivity index (χ2n) is 3.06. The summed E-state index contributed by atoms with van der Waals surface area (Å²) in [6, 6.07) is 8.33. The van der Waals surface area contributed by atoms with Crippen LogP contribution < -0.4 is 5.73 Å². The highest BCUT2D eigenvalue weighted by Crippen LogP contribution is 2.38. The smallest absolute Gasteiger partial charge is 0.0406 e. The van der Waals surface area contributed by atoms with E-state index in [4.69, 9.17) is 17.3 Å². The van der Waals surface area contributed by atoms with Crippen molar-refractivity contribution in [2.24, 2.45) is 5.73 Å². The second kappa shape index (κ2) is 2.50. The van der Waals surface area contributed by atoms with Crippen molar-refractivity contribution < 1.29 is 0 Å². The molecule has 1 fully saturated rings. The van der Waals surface area contributed by atoms with Gasteiger partial charge in [0.1, 0.15) is 0 Å². The van der Waals surface area contributed by atoms with Crippen LogP contribution in [-0.2, 0) is 0 Å². The van der Waals surface area contributed by atoms with Crippen LogP contribution in [0, 0.1) is 0 Å². The summed E-state index contributed by atoms with van der Waals surface area (Å²) < 4.78 is 0. The lowest BCUT2D eigenvalue weighted by molar-refractivity contribution is 0.991. The number of halogens is 1. The molecule has 0 aliphatic heterocycles. The van der Waals surface area contributed by atoms with E-state index in [-0.39, 0.29) is 0 Å². The van der Waals surface area contributed by atoms with E-state index in [1.165, 1.54) is 5.56 Å². The van der Waals surface area contributed by atoms with Crippen LogP contribution in [0.4, 0.5) is 0 Å². The Kier molecular flexibility index (Phi) is 1.63. The fourth-order valence-electron chi connectivity index (χ4n) is 1.31. The van der Waals surface area contributed by atoms with Gasteiger partial charge in [-0.05, 0) is 24.1 Å². The van der Waals surface area contributed by atoms with Crippen molar-refractivity contribution in [3.8, 4) is 0 Å². The van der Waals surface area contributed by atoms with Gasteiger partial charge in [0.15, 0.2) is 0 Å². The van der Waals surface area contributed by atoms with Gasteiger partial charge in [-0.2, -0.15) is 0 Å². The molecule has 0 bridgehead atoms. The molecule has 1 aromatic carbocycles. The lowest BCUT2D eigenvalue weighted by atomic mass is 10.1. The van der Waals surface area contributed by atoms with Crippen LogP contribution in [-0.4, -0.2) is 6.04 Å². The van der Waals surface area contributed by atoms with Crippen LogP contribution in [0.2, 0.25) is 5.02 Å². The van der Waals surface area contributed by atoms with Gasteiger partial charge >= 0.3 is 0 Å². The molecule has 0 radical (unpaired) electrons. The van der Waals surface area contributed by atoms with E-state index >= 15 is 0 Å². The molecule has 2 rings (SSSR count). The predicted octanol–water partition coefficient (Wildman–Crippen LogP) is 2.15. The SMILES string of the molecule is N[C@@H]1C[C@@H]1c1ccc(Cl)cc1. The van der Waals surface area contributed by atoms with Gasteiger partial charge in [0.05, 0.1) is 0 Å². The molecule has 2 N–H and O–H groups in total. The lowest BCUT2D eigenvalue weighted by Crippen LogP contribution is -2.00.